The maximum absolute atomic E-state index is 12.7. The molecule has 2 amide bonds. The highest BCUT2D eigenvalue weighted by molar-refractivity contribution is 7.99. The fourth-order valence-corrected chi connectivity index (χ4v) is 4.17. The van der Waals surface area contributed by atoms with E-state index in [-0.39, 0.29) is 24.2 Å². The molecule has 0 spiro atoms. The highest BCUT2D eigenvalue weighted by Crippen LogP contribution is 2.23. The van der Waals surface area contributed by atoms with E-state index in [9.17, 15) is 14.7 Å². The van der Waals surface area contributed by atoms with Crippen molar-refractivity contribution in [1.29, 1.82) is 0 Å². The molecule has 1 aromatic heterocycles. The number of allylic oxidation sites excluding steroid dienone is 1. The molecule has 3 aromatic rings. The quantitative estimate of drug-likeness (QED) is 0.276. The predicted octanol–water partition coefficient (Wildman–Crippen LogP) is 3.28. The maximum Gasteiger partial charge on any atom is 0.251 e. The molecule has 9 nitrogen and oxygen atoms in total. The Hall–Kier alpha value is -3.63. The first-order valence-electron chi connectivity index (χ1n) is 11.0. The Morgan fingerprint density at radius 2 is 1.94 bits per heavy atom. The summed E-state index contributed by atoms with van der Waals surface area (Å²) in [6.07, 6.45) is 1.66. The van der Waals surface area contributed by atoms with Crippen LogP contribution in [0.1, 0.15) is 33.4 Å². The smallest absolute Gasteiger partial charge is 0.251 e. The number of methoxy groups -OCH3 is 1. The second kappa shape index (κ2) is 12.2. The molecule has 2 aromatic carbocycles. The lowest BCUT2D eigenvalue weighted by molar-refractivity contribution is -0.113. The number of aromatic nitrogens is 3. The average molecular weight is 496 g/mol. The fourth-order valence-electron chi connectivity index (χ4n) is 3.41. The van der Waals surface area contributed by atoms with Gasteiger partial charge < -0.3 is 25.0 Å². The number of amides is 2. The number of nitrogens with one attached hydrogen (secondary N) is 2. The molecule has 0 aliphatic rings. The summed E-state index contributed by atoms with van der Waals surface area (Å²) in [7, 11) is 1.55. The molecule has 0 saturated heterocycles. The normalized spacial score (nSPS) is 11.5. The summed E-state index contributed by atoms with van der Waals surface area (Å²) in [6.45, 7) is 7.67. The number of aliphatic hydroxyl groups is 1. The zero-order valence-corrected chi connectivity index (χ0v) is 20.8. The van der Waals surface area contributed by atoms with Gasteiger partial charge in [-0.2, -0.15) is 0 Å². The number of ether oxygens (including phenoxy) is 1. The Kier molecular flexibility index (Phi) is 9.04. The molecule has 0 aliphatic carbocycles. The van der Waals surface area contributed by atoms with Crippen molar-refractivity contribution in [3.05, 3.63) is 77.6 Å². The molecule has 1 heterocycles. The number of carbonyl (C=O) groups excluding carboxylic acids is 2. The van der Waals surface area contributed by atoms with Crippen molar-refractivity contribution in [1.82, 2.24) is 20.1 Å². The van der Waals surface area contributed by atoms with Crippen LogP contribution in [0.4, 0.5) is 5.69 Å². The standard InChI is InChI=1S/C25H29N5O4S/c1-5-12-30-23(21(14-31)27-24(33)18-7-9-19(34-4)10-8-18)28-29-25(30)35-15-22(32)26-20-11-6-16(2)13-17(20)3/h5-11,13,21,31H,1,12,14-15H2,2-4H3,(H,26,32)(H,27,33)/t21-/m0/s1. The lowest BCUT2D eigenvalue weighted by Gasteiger charge is -2.17. The van der Waals surface area contributed by atoms with E-state index in [1.807, 2.05) is 32.0 Å². The number of nitrogens with zero attached hydrogens (tertiary/aromatic N) is 3. The number of rotatable bonds is 11. The molecule has 0 aliphatic heterocycles. The van der Waals surface area contributed by atoms with Gasteiger partial charge in [0.2, 0.25) is 5.91 Å². The van der Waals surface area contributed by atoms with Crippen molar-refractivity contribution in [2.45, 2.75) is 31.6 Å². The summed E-state index contributed by atoms with van der Waals surface area (Å²) >= 11 is 1.21. The van der Waals surface area contributed by atoms with Crippen molar-refractivity contribution < 1.29 is 19.4 Å². The number of carbonyl (C=O) groups is 2. The first kappa shape index (κ1) is 26.0. The molecule has 0 radical (unpaired) electrons. The first-order valence-corrected chi connectivity index (χ1v) is 11.9. The highest BCUT2D eigenvalue weighted by atomic mass is 32.2. The van der Waals surface area contributed by atoms with Gasteiger partial charge in [0.25, 0.3) is 5.91 Å². The largest absolute Gasteiger partial charge is 0.497 e. The first-order chi connectivity index (χ1) is 16.9. The number of thioether (sulfide) groups is 1. The van der Waals surface area contributed by atoms with E-state index in [1.165, 1.54) is 11.8 Å². The van der Waals surface area contributed by atoms with Crippen LogP contribution in [0.5, 0.6) is 5.75 Å². The van der Waals surface area contributed by atoms with Gasteiger partial charge in [0, 0.05) is 17.8 Å². The van der Waals surface area contributed by atoms with Crippen LogP contribution in [-0.4, -0.2) is 51.2 Å². The molecule has 0 bridgehead atoms. The number of aliphatic hydroxyl groups excluding tert-OH is 1. The van der Waals surface area contributed by atoms with Gasteiger partial charge in [0.1, 0.15) is 11.8 Å². The number of hydrogen-bond acceptors (Lipinski definition) is 7. The van der Waals surface area contributed by atoms with Crippen molar-refractivity contribution in [2.75, 3.05) is 24.8 Å². The van der Waals surface area contributed by atoms with E-state index in [1.54, 1.807) is 42.0 Å². The summed E-state index contributed by atoms with van der Waals surface area (Å²) in [5, 5.41) is 24.5. The second-order valence-electron chi connectivity index (χ2n) is 7.83. The SMILES string of the molecule is C=CCn1c(SCC(=O)Nc2ccc(C)cc2C)nnc1[C@H](CO)NC(=O)c1ccc(OC)cc1. The van der Waals surface area contributed by atoms with Crippen molar-refractivity contribution >= 4 is 29.3 Å². The van der Waals surface area contributed by atoms with Gasteiger partial charge >= 0.3 is 0 Å². The minimum atomic E-state index is -0.796. The zero-order chi connectivity index (χ0) is 25.4. The molecule has 0 fully saturated rings. The van der Waals surface area contributed by atoms with Crippen LogP contribution in [0.3, 0.4) is 0 Å². The van der Waals surface area contributed by atoms with Crippen LogP contribution in [0.15, 0.2) is 60.3 Å². The van der Waals surface area contributed by atoms with Crippen LogP contribution in [-0.2, 0) is 11.3 Å². The molecule has 0 unspecified atom stereocenters. The lowest BCUT2D eigenvalue weighted by Crippen LogP contribution is -2.33. The van der Waals surface area contributed by atoms with Crippen molar-refractivity contribution in [3.63, 3.8) is 0 Å². The minimum absolute atomic E-state index is 0.116. The van der Waals surface area contributed by atoms with Crippen molar-refractivity contribution in [2.24, 2.45) is 0 Å². The Morgan fingerprint density at radius 3 is 2.57 bits per heavy atom. The number of hydrogen-bond donors (Lipinski definition) is 3. The average Bonchev–Trinajstić information content (AvgIpc) is 3.25. The fraction of sp³-hybridized carbons (Fsp3) is 0.280. The summed E-state index contributed by atoms with van der Waals surface area (Å²) in [6, 6.07) is 11.7. The minimum Gasteiger partial charge on any atom is -0.497 e. The summed E-state index contributed by atoms with van der Waals surface area (Å²) < 4.78 is 6.84. The third-order valence-corrected chi connectivity index (χ3v) is 6.16. The monoisotopic (exact) mass is 495 g/mol. The third kappa shape index (κ3) is 6.71. The summed E-state index contributed by atoms with van der Waals surface area (Å²) in [5.41, 5.74) is 3.28. The maximum atomic E-state index is 12.7. The molecular formula is C25H29N5O4S. The van der Waals surface area contributed by atoms with Crippen LogP contribution in [0.2, 0.25) is 0 Å². The number of benzene rings is 2. The predicted molar refractivity (Wildman–Crippen MR) is 136 cm³/mol. The molecule has 1 atom stereocenters. The van der Waals surface area contributed by atoms with Gasteiger partial charge in [-0.05, 0) is 49.7 Å². The molecule has 35 heavy (non-hydrogen) atoms. The van der Waals surface area contributed by atoms with Crippen LogP contribution < -0.4 is 15.4 Å². The second-order valence-corrected chi connectivity index (χ2v) is 8.77. The Morgan fingerprint density at radius 1 is 1.20 bits per heavy atom. The van der Waals surface area contributed by atoms with E-state index < -0.39 is 6.04 Å². The van der Waals surface area contributed by atoms with E-state index in [0.717, 1.165) is 16.8 Å². The van der Waals surface area contributed by atoms with E-state index >= 15 is 0 Å². The van der Waals surface area contributed by atoms with Gasteiger partial charge in [-0.25, -0.2) is 0 Å². The third-order valence-electron chi connectivity index (χ3n) is 5.20. The number of anilines is 1. The van der Waals surface area contributed by atoms with Crippen molar-refractivity contribution in [3.8, 4) is 5.75 Å². The van der Waals surface area contributed by atoms with Crippen LogP contribution >= 0.6 is 11.8 Å². The molecule has 0 saturated carbocycles. The Labute approximate surface area is 208 Å². The van der Waals surface area contributed by atoms with Crippen LogP contribution in [0, 0.1) is 13.8 Å². The van der Waals surface area contributed by atoms with Gasteiger partial charge in [0.15, 0.2) is 11.0 Å². The lowest BCUT2D eigenvalue weighted by atomic mass is 10.1. The van der Waals surface area contributed by atoms with Gasteiger partial charge in [-0.1, -0.05) is 35.5 Å². The van der Waals surface area contributed by atoms with Gasteiger partial charge in [-0.3, -0.25) is 9.59 Å². The Balaban J connectivity index is 1.70. The van der Waals surface area contributed by atoms with E-state index in [2.05, 4.69) is 27.4 Å². The molecular weight excluding hydrogens is 466 g/mol. The molecule has 3 rings (SSSR count). The van der Waals surface area contributed by atoms with Gasteiger partial charge in [-0.15, -0.1) is 16.8 Å². The molecule has 10 heteroatoms. The van der Waals surface area contributed by atoms with Crippen LogP contribution in [0.25, 0.3) is 0 Å². The Bertz CT molecular complexity index is 1190. The molecule has 3 N–H and O–H groups in total. The zero-order valence-electron chi connectivity index (χ0n) is 19.9. The summed E-state index contributed by atoms with van der Waals surface area (Å²) in [5.74, 6) is 0.566. The topological polar surface area (TPSA) is 118 Å². The van der Waals surface area contributed by atoms with E-state index in [4.69, 9.17) is 4.74 Å². The number of aryl methyl sites for hydroxylation is 2. The van der Waals surface area contributed by atoms with Gasteiger partial charge in [0.05, 0.1) is 19.5 Å². The highest BCUT2D eigenvalue weighted by Gasteiger charge is 2.23. The molecule has 184 valence electrons. The van der Waals surface area contributed by atoms with E-state index in [0.29, 0.717) is 28.8 Å². The summed E-state index contributed by atoms with van der Waals surface area (Å²) in [4.78, 5) is 25.2.